The zero-order valence-electron chi connectivity index (χ0n) is 4.48. The van der Waals surface area contributed by atoms with Gasteiger partial charge < -0.3 is 5.73 Å². The highest BCUT2D eigenvalue weighted by Gasteiger charge is 1.85. The first-order valence-corrected chi connectivity index (χ1v) is 3.16. The number of thioether (sulfide) groups is 1. The lowest BCUT2D eigenvalue weighted by molar-refractivity contribution is 1.31. The number of nitrogens with one attached hydrogen (secondary N) is 1. The maximum absolute atomic E-state index is 6.74. The van der Waals surface area contributed by atoms with Gasteiger partial charge in [-0.25, -0.2) is 0 Å². The normalized spacial score (nSPS) is 7.88. The second-order valence-corrected chi connectivity index (χ2v) is 2.30. The molecule has 0 fully saturated rings. The maximum atomic E-state index is 6.74. The molecule has 0 aliphatic carbocycles. The van der Waals surface area contributed by atoms with Gasteiger partial charge in [0.25, 0.3) is 0 Å². The minimum Gasteiger partial charge on any atom is -0.379 e. The van der Waals surface area contributed by atoms with Gasteiger partial charge in [0.05, 0.1) is 0 Å². The summed E-state index contributed by atoms with van der Waals surface area (Å²) in [6, 6.07) is 0. The van der Waals surface area contributed by atoms with Crippen LogP contribution in [0.5, 0.6) is 0 Å². The lowest BCUT2D eigenvalue weighted by Gasteiger charge is -1.90. The number of hydrogen-bond donors (Lipinski definition) is 2. The van der Waals surface area contributed by atoms with Gasteiger partial charge in [-0.15, -0.1) is 12.3 Å². The molecule has 0 saturated carbocycles. The molecule has 0 atom stereocenters. The molecular weight excluding hydrogens is 120 g/mol. The molecule has 0 aliphatic heterocycles. The Labute approximate surface area is 53.3 Å². The molecule has 0 radical (unpaired) electrons. The van der Waals surface area contributed by atoms with E-state index in [0.29, 0.717) is 6.42 Å². The first-order chi connectivity index (χ1) is 3.77. The van der Waals surface area contributed by atoms with Crippen LogP contribution in [-0.2, 0) is 0 Å². The summed E-state index contributed by atoms with van der Waals surface area (Å²) in [6.45, 7) is 0. The van der Waals surface area contributed by atoms with Crippen LogP contribution in [-0.4, -0.2) is 10.9 Å². The fourth-order valence-electron chi connectivity index (χ4n) is 0.220. The Balaban J connectivity index is 2.97. The summed E-state index contributed by atoms with van der Waals surface area (Å²) < 4.78 is 0. The number of hydrogen-bond acceptors (Lipinski definition) is 2. The van der Waals surface area contributed by atoms with Crippen molar-refractivity contribution in [2.24, 2.45) is 5.73 Å². The van der Waals surface area contributed by atoms with Crippen LogP contribution in [0.15, 0.2) is 0 Å². The third kappa shape index (κ3) is 5.38. The van der Waals surface area contributed by atoms with Crippen molar-refractivity contribution in [1.82, 2.24) is 0 Å². The monoisotopic (exact) mass is 128 g/mol. The first kappa shape index (κ1) is 7.38. The Morgan fingerprint density at radius 3 is 2.88 bits per heavy atom. The first-order valence-electron chi connectivity index (χ1n) is 2.17. The van der Waals surface area contributed by atoms with Gasteiger partial charge in [0, 0.05) is 12.2 Å². The lowest BCUT2D eigenvalue weighted by Crippen LogP contribution is -2.03. The van der Waals surface area contributed by atoms with Crippen molar-refractivity contribution in [2.45, 2.75) is 6.42 Å². The summed E-state index contributed by atoms with van der Waals surface area (Å²) >= 11 is 1.27. The third-order valence-electron chi connectivity index (χ3n) is 0.504. The van der Waals surface area contributed by atoms with Crippen LogP contribution in [0.4, 0.5) is 0 Å². The van der Waals surface area contributed by atoms with Gasteiger partial charge in [0.15, 0.2) is 5.17 Å². The van der Waals surface area contributed by atoms with Crippen molar-refractivity contribution >= 4 is 16.9 Å². The zero-order valence-corrected chi connectivity index (χ0v) is 5.29. The highest BCUT2D eigenvalue weighted by molar-refractivity contribution is 8.13. The van der Waals surface area contributed by atoms with Gasteiger partial charge >= 0.3 is 0 Å². The topological polar surface area (TPSA) is 49.9 Å². The minimum atomic E-state index is 0.139. The van der Waals surface area contributed by atoms with Crippen molar-refractivity contribution in [3.05, 3.63) is 0 Å². The Morgan fingerprint density at radius 1 is 1.88 bits per heavy atom. The molecule has 0 aromatic rings. The molecular formula is C5H8N2S. The van der Waals surface area contributed by atoms with Crippen molar-refractivity contribution in [1.29, 1.82) is 5.41 Å². The highest BCUT2D eigenvalue weighted by atomic mass is 32.2. The number of terminal acetylenes is 1. The van der Waals surface area contributed by atoms with Gasteiger partial charge in [0.1, 0.15) is 0 Å². The standard InChI is InChI=1S/C5H8N2S/c1-2-3-4-8-5(6)7/h1H,3-4H2,(H3,6,7). The molecule has 2 nitrogen and oxygen atoms in total. The fourth-order valence-corrected chi connectivity index (χ4v) is 0.660. The van der Waals surface area contributed by atoms with Crippen LogP contribution in [0.2, 0.25) is 0 Å². The molecule has 0 heterocycles. The van der Waals surface area contributed by atoms with Gasteiger partial charge in [-0.2, -0.15) is 0 Å². The summed E-state index contributed by atoms with van der Waals surface area (Å²) in [5.41, 5.74) is 5.01. The van der Waals surface area contributed by atoms with Crippen LogP contribution in [0.3, 0.4) is 0 Å². The summed E-state index contributed by atoms with van der Waals surface area (Å²) in [7, 11) is 0. The largest absolute Gasteiger partial charge is 0.379 e. The minimum absolute atomic E-state index is 0.139. The molecule has 3 N–H and O–H groups in total. The van der Waals surface area contributed by atoms with Gasteiger partial charge in [-0.1, -0.05) is 11.8 Å². The van der Waals surface area contributed by atoms with Crippen molar-refractivity contribution in [2.75, 3.05) is 5.75 Å². The van der Waals surface area contributed by atoms with Crippen molar-refractivity contribution in [3.63, 3.8) is 0 Å². The Kier molecular flexibility index (Phi) is 4.19. The summed E-state index contributed by atoms with van der Waals surface area (Å²) in [6.07, 6.45) is 5.62. The highest BCUT2D eigenvalue weighted by Crippen LogP contribution is 1.98. The van der Waals surface area contributed by atoms with Crippen LogP contribution in [0.25, 0.3) is 0 Å². The van der Waals surface area contributed by atoms with E-state index in [-0.39, 0.29) is 5.17 Å². The number of amidine groups is 1. The second kappa shape index (κ2) is 4.54. The molecule has 0 spiro atoms. The number of rotatable bonds is 2. The summed E-state index contributed by atoms with van der Waals surface area (Å²) in [5, 5.41) is 6.88. The molecule has 0 aliphatic rings. The molecule has 0 bridgehead atoms. The molecule has 0 unspecified atom stereocenters. The Morgan fingerprint density at radius 2 is 2.50 bits per heavy atom. The van der Waals surface area contributed by atoms with Gasteiger partial charge in [0.2, 0.25) is 0 Å². The summed E-state index contributed by atoms with van der Waals surface area (Å²) in [4.78, 5) is 0. The summed E-state index contributed by atoms with van der Waals surface area (Å²) in [5.74, 6) is 3.21. The predicted octanol–water partition coefficient (Wildman–Crippen LogP) is 0.636. The van der Waals surface area contributed by atoms with Crippen LogP contribution in [0, 0.1) is 17.8 Å². The molecule has 0 saturated heterocycles. The lowest BCUT2D eigenvalue weighted by atomic mass is 10.5. The van der Waals surface area contributed by atoms with E-state index >= 15 is 0 Å². The molecule has 0 aromatic carbocycles. The van der Waals surface area contributed by atoms with Crippen LogP contribution in [0.1, 0.15) is 6.42 Å². The quantitative estimate of drug-likeness (QED) is 0.248. The number of nitrogens with two attached hydrogens (primary N) is 1. The van der Waals surface area contributed by atoms with E-state index in [2.05, 4.69) is 5.92 Å². The van der Waals surface area contributed by atoms with Crippen molar-refractivity contribution in [3.8, 4) is 12.3 Å². The van der Waals surface area contributed by atoms with Crippen LogP contribution >= 0.6 is 11.8 Å². The van der Waals surface area contributed by atoms with E-state index in [1.165, 1.54) is 11.8 Å². The smallest absolute Gasteiger partial charge is 0.151 e. The average molecular weight is 128 g/mol. The van der Waals surface area contributed by atoms with E-state index in [1.54, 1.807) is 0 Å². The van der Waals surface area contributed by atoms with Gasteiger partial charge in [-0.05, 0) is 0 Å². The molecule has 44 valence electrons. The zero-order chi connectivity index (χ0) is 6.41. The SMILES string of the molecule is C#CCCSC(=N)N. The third-order valence-corrected chi connectivity index (χ3v) is 1.22. The van der Waals surface area contributed by atoms with E-state index in [9.17, 15) is 0 Å². The molecule has 8 heavy (non-hydrogen) atoms. The molecule has 0 rings (SSSR count). The maximum Gasteiger partial charge on any atom is 0.151 e. The molecule has 3 heteroatoms. The average Bonchev–Trinajstić information content (AvgIpc) is 1.66. The molecule has 0 aromatic heterocycles. The van der Waals surface area contributed by atoms with E-state index < -0.39 is 0 Å². The second-order valence-electron chi connectivity index (χ2n) is 1.17. The van der Waals surface area contributed by atoms with Gasteiger partial charge in [-0.3, -0.25) is 5.41 Å². The van der Waals surface area contributed by atoms with E-state index in [1.807, 2.05) is 0 Å². The predicted molar refractivity (Wildman–Crippen MR) is 37.8 cm³/mol. The fraction of sp³-hybridized carbons (Fsp3) is 0.400. The van der Waals surface area contributed by atoms with E-state index in [0.717, 1.165) is 5.75 Å². The van der Waals surface area contributed by atoms with E-state index in [4.69, 9.17) is 17.6 Å². The molecule has 0 amide bonds. The Bertz CT molecular complexity index is 114. The van der Waals surface area contributed by atoms with Crippen LogP contribution < -0.4 is 5.73 Å². The van der Waals surface area contributed by atoms with Crippen molar-refractivity contribution < 1.29 is 0 Å². The Hall–Kier alpha value is -0.620.